The summed E-state index contributed by atoms with van der Waals surface area (Å²) < 4.78 is 0. The van der Waals surface area contributed by atoms with Crippen LogP contribution in [0.25, 0.3) is 0 Å². The average Bonchev–Trinajstić information content (AvgIpc) is 2.02. The Morgan fingerprint density at radius 2 is 2.00 bits per heavy atom. The zero-order chi connectivity index (χ0) is 11.0. The van der Waals surface area contributed by atoms with Crippen molar-refractivity contribution in [3.63, 3.8) is 0 Å². The number of hydrogen-bond acceptors (Lipinski definition) is 2. The molecule has 2 N–H and O–H groups in total. The van der Waals surface area contributed by atoms with Gasteiger partial charge in [-0.3, -0.25) is 0 Å². The summed E-state index contributed by atoms with van der Waals surface area (Å²) in [5.41, 5.74) is -1.39. The molecule has 0 aromatic rings. The van der Waals surface area contributed by atoms with Crippen LogP contribution in [0.2, 0.25) is 0 Å². The molecule has 0 aromatic carbocycles. The number of hydrogen-bond donors (Lipinski definition) is 2. The number of carboxylic acid groups (broad SMARTS) is 1. The Balaban J connectivity index is 2.74. The van der Waals surface area contributed by atoms with Gasteiger partial charge in [0.2, 0.25) is 0 Å². The second-order valence-electron chi connectivity index (χ2n) is 5.50. The van der Waals surface area contributed by atoms with Crippen LogP contribution in [-0.2, 0) is 4.79 Å². The molecule has 0 heterocycles. The first-order valence-electron chi connectivity index (χ1n) is 5.21. The number of carbonyl (C=O) groups is 1. The quantitative estimate of drug-likeness (QED) is 0.681. The molecule has 0 spiro atoms. The van der Waals surface area contributed by atoms with Gasteiger partial charge < -0.3 is 10.2 Å². The van der Waals surface area contributed by atoms with Crippen LogP contribution in [0.3, 0.4) is 0 Å². The van der Waals surface area contributed by atoms with Crippen molar-refractivity contribution in [3.05, 3.63) is 0 Å². The molecule has 1 saturated carbocycles. The summed E-state index contributed by atoms with van der Waals surface area (Å²) in [4.78, 5) is 10.9. The first-order chi connectivity index (χ1) is 6.26. The normalized spacial score (nSPS) is 34.1. The van der Waals surface area contributed by atoms with E-state index in [0.717, 1.165) is 12.8 Å². The Morgan fingerprint density at radius 3 is 2.43 bits per heavy atom. The third-order valence-corrected chi connectivity index (χ3v) is 3.35. The van der Waals surface area contributed by atoms with Crippen molar-refractivity contribution in [1.82, 2.24) is 0 Å². The van der Waals surface area contributed by atoms with Gasteiger partial charge in [-0.05, 0) is 37.0 Å². The maximum absolute atomic E-state index is 10.9. The fourth-order valence-corrected chi connectivity index (χ4v) is 2.19. The van der Waals surface area contributed by atoms with Gasteiger partial charge in [0.25, 0.3) is 0 Å². The molecule has 0 amide bonds. The van der Waals surface area contributed by atoms with Crippen LogP contribution in [0.1, 0.15) is 46.5 Å². The smallest absolute Gasteiger partial charge is 0.335 e. The van der Waals surface area contributed by atoms with Crippen LogP contribution >= 0.6 is 0 Å². The van der Waals surface area contributed by atoms with Gasteiger partial charge in [0.05, 0.1) is 0 Å². The van der Waals surface area contributed by atoms with E-state index in [1.807, 2.05) is 0 Å². The molecule has 1 aliphatic carbocycles. The zero-order valence-corrected chi connectivity index (χ0v) is 9.21. The van der Waals surface area contributed by atoms with Gasteiger partial charge in [-0.2, -0.15) is 0 Å². The molecule has 82 valence electrons. The SMILES string of the molecule is CC(C)(C)C1CCCC(O)(C(=O)O)C1. The third kappa shape index (κ3) is 2.27. The fourth-order valence-electron chi connectivity index (χ4n) is 2.19. The van der Waals surface area contributed by atoms with Crippen LogP contribution in [0.15, 0.2) is 0 Å². The van der Waals surface area contributed by atoms with E-state index in [0.29, 0.717) is 18.8 Å². The highest BCUT2D eigenvalue weighted by atomic mass is 16.4. The van der Waals surface area contributed by atoms with Gasteiger partial charge in [0.15, 0.2) is 5.60 Å². The first kappa shape index (κ1) is 11.5. The third-order valence-electron chi connectivity index (χ3n) is 3.35. The predicted octanol–water partition coefficient (Wildman–Crippen LogP) is 2.04. The van der Waals surface area contributed by atoms with Crippen LogP contribution in [0, 0.1) is 11.3 Å². The highest BCUT2D eigenvalue weighted by Crippen LogP contribution is 2.42. The van der Waals surface area contributed by atoms with E-state index < -0.39 is 11.6 Å². The molecular weight excluding hydrogens is 180 g/mol. The molecule has 1 rings (SSSR count). The standard InChI is InChI=1S/C11H20O3/c1-10(2,3)8-5-4-6-11(14,7-8)9(12)13/h8,14H,4-7H2,1-3H3,(H,12,13). The average molecular weight is 200 g/mol. The molecule has 0 saturated heterocycles. The van der Waals surface area contributed by atoms with Crippen molar-refractivity contribution in [1.29, 1.82) is 0 Å². The van der Waals surface area contributed by atoms with Crippen LogP contribution < -0.4 is 0 Å². The van der Waals surface area contributed by atoms with Gasteiger partial charge in [-0.25, -0.2) is 4.79 Å². The highest BCUT2D eigenvalue weighted by molar-refractivity contribution is 5.77. The van der Waals surface area contributed by atoms with Crippen LogP contribution in [-0.4, -0.2) is 21.8 Å². The second kappa shape index (κ2) is 3.54. The number of aliphatic carboxylic acids is 1. The van der Waals surface area contributed by atoms with Crippen molar-refractivity contribution >= 4 is 5.97 Å². The van der Waals surface area contributed by atoms with Crippen molar-refractivity contribution in [3.8, 4) is 0 Å². The summed E-state index contributed by atoms with van der Waals surface area (Å²) in [5.74, 6) is -0.760. The molecule has 0 radical (unpaired) electrons. The van der Waals surface area contributed by atoms with Crippen molar-refractivity contribution < 1.29 is 15.0 Å². The monoisotopic (exact) mass is 200 g/mol. The Hall–Kier alpha value is -0.570. The molecule has 0 aromatic heterocycles. The lowest BCUT2D eigenvalue weighted by Gasteiger charge is -2.40. The predicted molar refractivity (Wildman–Crippen MR) is 54.0 cm³/mol. The summed E-state index contributed by atoms with van der Waals surface area (Å²) in [5, 5.41) is 18.8. The molecule has 2 atom stereocenters. The lowest BCUT2D eigenvalue weighted by Crippen LogP contribution is -2.45. The first-order valence-corrected chi connectivity index (χ1v) is 5.21. The summed E-state index contributed by atoms with van der Waals surface area (Å²) in [6.07, 6.45) is 2.63. The van der Waals surface area contributed by atoms with Crippen molar-refractivity contribution in [2.75, 3.05) is 0 Å². The maximum atomic E-state index is 10.9. The van der Waals surface area contributed by atoms with E-state index in [4.69, 9.17) is 5.11 Å². The van der Waals surface area contributed by atoms with Crippen molar-refractivity contribution in [2.24, 2.45) is 11.3 Å². The summed E-state index contributed by atoms with van der Waals surface area (Å²) in [6, 6.07) is 0. The number of rotatable bonds is 1. The van der Waals surface area contributed by atoms with E-state index in [9.17, 15) is 9.90 Å². The van der Waals surface area contributed by atoms with E-state index in [-0.39, 0.29) is 5.41 Å². The Bertz CT molecular complexity index is 229. The molecule has 3 nitrogen and oxygen atoms in total. The van der Waals surface area contributed by atoms with E-state index in [1.165, 1.54) is 0 Å². The van der Waals surface area contributed by atoms with Crippen LogP contribution in [0.5, 0.6) is 0 Å². The highest BCUT2D eigenvalue weighted by Gasteiger charge is 2.43. The summed E-state index contributed by atoms with van der Waals surface area (Å²) >= 11 is 0. The van der Waals surface area contributed by atoms with Gasteiger partial charge in [-0.15, -0.1) is 0 Å². The van der Waals surface area contributed by atoms with Gasteiger partial charge in [0.1, 0.15) is 0 Å². The maximum Gasteiger partial charge on any atom is 0.335 e. The molecule has 0 bridgehead atoms. The number of aliphatic hydroxyl groups is 1. The minimum atomic E-state index is -1.48. The zero-order valence-electron chi connectivity index (χ0n) is 9.21. The van der Waals surface area contributed by atoms with Crippen molar-refractivity contribution in [2.45, 2.75) is 52.1 Å². The topological polar surface area (TPSA) is 57.5 Å². The molecule has 1 fully saturated rings. The van der Waals surface area contributed by atoms with Gasteiger partial charge in [0, 0.05) is 0 Å². The lowest BCUT2D eigenvalue weighted by atomic mass is 9.67. The Kier molecular flexibility index (Phi) is 2.91. The molecule has 14 heavy (non-hydrogen) atoms. The minimum absolute atomic E-state index is 0.0872. The van der Waals surface area contributed by atoms with E-state index >= 15 is 0 Å². The number of carboxylic acids is 1. The van der Waals surface area contributed by atoms with Crippen LogP contribution in [0.4, 0.5) is 0 Å². The summed E-state index contributed by atoms with van der Waals surface area (Å²) in [7, 11) is 0. The second-order valence-corrected chi connectivity index (χ2v) is 5.50. The van der Waals surface area contributed by atoms with Gasteiger partial charge >= 0.3 is 5.97 Å². The lowest BCUT2D eigenvalue weighted by molar-refractivity contribution is -0.165. The molecule has 1 aliphatic rings. The Morgan fingerprint density at radius 1 is 1.43 bits per heavy atom. The molecular formula is C11H20O3. The fraction of sp³-hybridized carbons (Fsp3) is 0.909. The van der Waals surface area contributed by atoms with E-state index in [1.54, 1.807) is 0 Å². The molecule has 2 unspecified atom stereocenters. The summed E-state index contributed by atoms with van der Waals surface area (Å²) in [6.45, 7) is 6.31. The molecule has 3 heteroatoms. The molecule has 0 aliphatic heterocycles. The minimum Gasteiger partial charge on any atom is -0.479 e. The largest absolute Gasteiger partial charge is 0.479 e. The Labute approximate surface area is 85.1 Å². The van der Waals surface area contributed by atoms with Gasteiger partial charge in [-0.1, -0.05) is 20.8 Å². The van der Waals surface area contributed by atoms with E-state index in [2.05, 4.69) is 20.8 Å².